The van der Waals surface area contributed by atoms with Gasteiger partial charge in [-0.2, -0.15) is 0 Å². The van der Waals surface area contributed by atoms with Crippen molar-refractivity contribution in [3.63, 3.8) is 0 Å². The van der Waals surface area contributed by atoms with E-state index >= 15 is 0 Å². The molecule has 2 saturated carbocycles. The van der Waals surface area contributed by atoms with Crippen LogP contribution in [0.1, 0.15) is 92.9 Å². The van der Waals surface area contributed by atoms with Crippen LogP contribution in [0.15, 0.2) is 0 Å². The zero-order chi connectivity index (χ0) is 34.6. The number of piperazine rings is 1. The van der Waals surface area contributed by atoms with E-state index in [2.05, 4.69) is 35.1 Å². The van der Waals surface area contributed by atoms with Gasteiger partial charge in [0.1, 0.15) is 12.1 Å². The van der Waals surface area contributed by atoms with E-state index in [-0.39, 0.29) is 47.7 Å². The Balaban J connectivity index is 1.43. The molecule has 264 valence electrons. The minimum atomic E-state index is -1.09. The van der Waals surface area contributed by atoms with Gasteiger partial charge in [-0.1, -0.05) is 53.4 Å². The first-order chi connectivity index (χ1) is 22.1. The van der Waals surface area contributed by atoms with Gasteiger partial charge in [0.15, 0.2) is 0 Å². The molecule has 3 unspecified atom stereocenters. The normalized spacial score (nSPS) is 26.5. The molecule has 0 aromatic rings. The first-order valence-corrected chi connectivity index (χ1v) is 17.6. The van der Waals surface area contributed by atoms with Crippen LogP contribution >= 0.6 is 0 Å². The number of urea groups is 1. The molecule has 4 rings (SSSR count). The molecule has 2 aliphatic carbocycles. The van der Waals surface area contributed by atoms with Crippen molar-refractivity contribution in [1.29, 1.82) is 0 Å². The summed E-state index contributed by atoms with van der Waals surface area (Å²) in [6.07, 6.45) is 7.02. The first-order valence-electron chi connectivity index (χ1n) is 17.6. The number of primary amides is 1. The van der Waals surface area contributed by atoms with Crippen molar-refractivity contribution >= 4 is 35.4 Å². The zero-order valence-corrected chi connectivity index (χ0v) is 29.1. The second kappa shape index (κ2) is 15.3. The van der Waals surface area contributed by atoms with Gasteiger partial charge in [0.05, 0.1) is 12.6 Å². The SMILES string of the molecule is CC(C)C(NC(=O)NCC(=O)N1CC(C(C)(C)C2CCC2)C[C@H]1C(=O)NC(CC1CCC1)C(=O)C(N)=O)C(=O)N1C[C@@H](C)N[C@@H](C)C1. The Kier molecular flexibility index (Phi) is 11.9. The maximum atomic E-state index is 13.8. The molecule has 2 aliphatic heterocycles. The number of nitrogens with zero attached hydrogens (tertiary/aromatic N) is 2. The van der Waals surface area contributed by atoms with Crippen molar-refractivity contribution in [3.8, 4) is 0 Å². The van der Waals surface area contributed by atoms with Crippen LogP contribution in [0.2, 0.25) is 0 Å². The van der Waals surface area contributed by atoms with Crippen LogP contribution in [-0.4, -0.2) is 102 Å². The lowest BCUT2D eigenvalue weighted by Gasteiger charge is -2.44. The molecule has 0 spiro atoms. The monoisotopic (exact) mass is 659 g/mol. The molecule has 2 heterocycles. The third-order valence-corrected chi connectivity index (χ3v) is 11.3. The summed E-state index contributed by atoms with van der Waals surface area (Å²) < 4.78 is 0. The predicted octanol–water partition coefficient (Wildman–Crippen LogP) is 1.29. The Morgan fingerprint density at radius 1 is 0.894 bits per heavy atom. The van der Waals surface area contributed by atoms with Crippen LogP contribution < -0.4 is 27.0 Å². The summed E-state index contributed by atoms with van der Waals surface area (Å²) in [6, 6.07) is -3.03. The summed E-state index contributed by atoms with van der Waals surface area (Å²) >= 11 is 0. The van der Waals surface area contributed by atoms with Crippen LogP contribution in [0, 0.1) is 29.1 Å². The predicted molar refractivity (Wildman–Crippen MR) is 177 cm³/mol. The largest absolute Gasteiger partial charge is 0.363 e. The Bertz CT molecular complexity index is 1190. The molecule has 0 radical (unpaired) electrons. The van der Waals surface area contributed by atoms with E-state index in [0.717, 1.165) is 38.5 Å². The van der Waals surface area contributed by atoms with Gasteiger partial charge in [0, 0.05) is 31.7 Å². The van der Waals surface area contributed by atoms with Crippen molar-refractivity contribution in [1.82, 2.24) is 31.1 Å². The van der Waals surface area contributed by atoms with Crippen LogP contribution in [0.3, 0.4) is 0 Å². The third-order valence-electron chi connectivity index (χ3n) is 11.3. The van der Waals surface area contributed by atoms with Crippen molar-refractivity contribution in [2.45, 2.75) is 123 Å². The number of ketones is 1. The summed E-state index contributed by atoms with van der Waals surface area (Å²) in [4.78, 5) is 81.7. The molecule has 0 aromatic heterocycles. The lowest BCUT2D eigenvalue weighted by atomic mass is 9.61. The Morgan fingerprint density at radius 3 is 2.02 bits per heavy atom. The highest BCUT2D eigenvalue weighted by Gasteiger charge is 2.49. The molecule has 0 bridgehead atoms. The standard InChI is InChI=1S/C34H57N7O6/c1-19(2)28(32(46)40-16-20(3)37-21(4)17-40)39-33(47)36-15-27(42)41-18-24(34(5,6)23-11-8-12-23)14-26(41)31(45)38-25(29(43)30(35)44)13-22-9-7-10-22/h19-26,28,37H,7-18H2,1-6H3,(H2,35,44)(H,38,45)(H2,36,39,47)/t20-,21+,24?,25?,26-,28?/m0/s1. The summed E-state index contributed by atoms with van der Waals surface area (Å²) in [6.45, 7) is 13.2. The van der Waals surface area contributed by atoms with E-state index in [9.17, 15) is 28.8 Å². The number of rotatable bonds is 13. The average Bonchev–Trinajstić information content (AvgIpc) is 3.40. The molecule has 13 nitrogen and oxygen atoms in total. The minimum Gasteiger partial charge on any atom is -0.363 e. The van der Waals surface area contributed by atoms with Gasteiger partial charge in [-0.15, -0.1) is 0 Å². The number of nitrogens with two attached hydrogens (primary N) is 1. The third kappa shape index (κ3) is 8.83. The van der Waals surface area contributed by atoms with Gasteiger partial charge in [-0.05, 0) is 68.6 Å². The van der Waals surface area contributed by atoms with Crippen molar-refractivity contribution < 1.29 is 28.8 Å². The van der Waals surface area contributed by atoms with Crippen LogP contribution in [0.4, 0.5) is 4.79 Å². The fourth-order valence-corrected chi connectivity index (χ4v) is 7.78. The first kappa shape index (κ1) is 36.6. The number of nitrogens with one attached hydrogen (secondary N) is 4. The lowest BCUT2D eigenvalue weighted by molar-refractivity contribution is -0.141. The van der Waals surface area contributed by atoms with E-state index in [4.69, 9.17) is 5.73 Å². The van der Waals surface area contributed by atoms with Gasteiger partial charge in [0.25, 0.3) is 5.91 Å². The summed E-state index contributed by atoms with van der Waals surface area (Å²) in [5, 5.41) is 11.6. The highest BCUT2D eigenvalue weighted by molar-refractivity contribution is 6.37. The number of likely N-dealkylation sites (tertiary alicyclic amines) is 1. The molecule has 4 aliphatic rings. The van der Waals surface area contributed by atoms with Gasteiger partial charge in [-0.25, -0.2) is 4.79 Å². The summed E-state index contributed by atoms with van der Waals surface area (Å²) in [5.74, 6) is -2.42. The maximum absolute atomic E-state index is 13.8. The number of Topliss-reactive ketones (excluding diaryl/α,β-unsaturated/α-hetero) is 1. The smallest absolute Gasteiger partial charge is 0.315 e. The topological polar surface area (TPSA) is 183 Å². The quantitative estimate of drug-likeness (QED) is 0.185. The highest BCUT2D eigenvalue weighted by atomic mass is 16.2. The number of hydrogen-bond donors (Lipinski definition) is 5. The maximum Gasteiger partial charge on any atom is 0.315 e. The molecule has 6 N–H and O–H groups in total. The van der Waals surface area contributed by atoms with Crippen LogP contribution in [0.25, 0.3) is 0 Å². The fourth-order valence-electron chi connectivity index (χ4n) is 7.78. The molecule has 4 fully saturated rings. The van der Waals surface area contributed by atoms with E-state index in [0.29, 0.717) is 38.4 Å². The number of hydrogen-bond acceptors (Lipinski definition) is 7. The summed E-state index contributed by atoms with van der Waals surface area (Å²) in [7, 11) is 0. The highest BCUT2D eigenvalue weighted by Crippen LogP contribution is 2.50. The van der Waals surface area contributed by atoms with Gasteiger partial charge >= 0.3 is 6.03 Å². The fraction of sp³-hybridized carbons (Fsp3) is 0.824. The van der Waals surface area contributed by atoms with Gasteiger partial charge < -0.3 is 36.8 Å². The zero-order valence-electron chi connectivity index (χ0n) is 29.1. The minimum absolute atomic E-state index is 0.0324. The molecule has 13 heteroatoms. The molecular formula is C34H57N7O6. The number of amides is 6. The Labute approximate surface area is 279 Å². The summed E-state index contributed by atoms with van der Waals surface area (Å²) in [5.41, 5.74) is 5.21. The van der Waals surface area contributed by atoms with Crippen molar-refractivity contribution in [3.05, 3.63) is 0 Å². The van der Waals surface area contributed by atoms with E-state index in [1.54, 1.807) is 4.90 Å². The van der Waals surface area contributed by atoms with Gasteiger partial charge in [-0.3, -0.25) is 24.0 Å². The van der Waals surface area contributed by atoms with Crippen LogP contribution in [-0.2, 0) is 24.0 Å². The van der Waals surface area contributed by atoms with Crippen molar-refractivity contribution in [2.75, 3.05) is 26.2 Å². The Hall–Kier alpha value is -3.22. The second-order valence-corrected chi connectivity index (χ2v) is 15.5. The van der Waals surface area contributed by atoms with Crippen molar-refractivity contribution in [2.24, 2.45) is 34.8 Å². The van der Waals surface area contributed by atoms with E-state index in [1.165, 1.54) is 4.90 Å². The molecule has 0 aromatic carbocycles. The lowest BCUT2D eigenvalue weighted by Crippen LogP contribution is -2.61. The van der Waals surface area contributed by atoms with Crippen LogP contribution in [0.5, 0.6) is 0 Å². The molecular weight excluding hydrogens is 602 g/mol. The molecule has 2 saturated heterocycles. The second-order valence-electron chi connectivity index (χ2n) is 15.5. The molecule has 6 atom stereocenters. The molecule has 6 amide bonds. The number of carbonyl (C=O) groups is 6. The van der Waals surface area contributed by atoms with Gasteiger partial charge in [0.2, 0.25) is 23.5 Å². The average molecular weight is 660 g/mol. The number of carbonyl (C=O) groups excluding carboxylic acids is 6. The van der Waals surface area contributed by atoms with E-state index < -0.39 is 47.7 Å². The Morgan fingerprint density at radius 2 is 1.51 bits per heavy atom. The van der Waals surface area contributed by atoms with E-state index in [1.807, 2.05) is 27.7 Å². The molecule has 47 heavy (non-hydrogen) atoms.